The van der Waals surface area contributed by atoms with Crippen molar-refractivity contribution >= 4 is 0 Å². The van der Waals surface area contributed by atoms with Crippen LogP contribution >= 0.6 is 0 Å². The molecule has 3 heteroatoms. The molecule has 0 aliphatic carbocycles. The third-order valence-corrected chi connectivity index (χ3v) is 2.79. The molecule has 0 aliphatic rings. The van der Waals surface area contributed by atoms with Crippen molar-refractivity contribution in [2.45, 2.75) is 53.4 Å². The van der Waals surface area contributed by atoms with Gasteiger partial charge < -0.3 is 9.96 Å². The molecule has 0 radical (unpaired) electrons. The predicted octanol–water partition coefficient (Wildman–Crippen LogP) is 3.26. The van der Waals surface area contributed by atoms with Crippen molar-refractivity contribution in [2.75, 3.05) is 26.2 Å². The van der Waals surface area contributed by atoms with Crippen molar-refractivity contribution in [3.63, 3.8) is 0 Å². The summed E-state index contributed by atoms with van der Waals surface area (Å²) in [5.74, 6) is 0. The minimum atomic E-state index is 0. The molecule has 1 N–H and O–H groups in total. The monoisotopic (exact) mass is 251 g/mol. The van der Waals surface area contributed by atoms with Crippen molar-refractivity contribution in [1.82, 2.24) is 0 Å². The van der Waals surface area contributed by atoms with E-state index in [9.17, 15) is 0 Å². The third-order valence-electron chi connectivity index (χ3n) is 2.79. The molecule has 0 heterocycles. The Labute approximate surface area is 111 Å². The fraction of sp³-hybridized carbons (Fsp3) is 1.00. The number of rotatable bonds is 8. The molecule has 15 heavy (non-hydrogen) atoms. The number of hydrogen-bond donors (Lipinski definition) is 0. The smallest absolute Gasteiger partial charge is 0.0783 e. The molecule has 0 saturated heterocycles. The summed E-state index contributed by atoms with van der Waals surface area (Å²) in [5.41, 5.74) is 0. The first-order valence-electron chi connectivity index (χ1n) is 6.09. The van der Waals surface area contributed by atoms with E-state index in [2.05, 4.69) is 27.7 Å². The van der Waals surface area contributed by atoms with Crippen molar-refractivity contribution in [2.24, 2.45) is 0 Å². The zero-order valence-corrected chi connectivity index (χ0v) is 12.6. The Morgan fingerprint density at radius 1 is 0.600 bits per heavy atom. The van der Waals surface area contributed by atoms with E-state index in [-0.39, 0.29) is 27.2 Å². The van der Waals surface area contributed by atoms with Gasteiger partial charge in [-0.05, 0) is 25.7 Å². The minimum absolute atomic E-state index is 0. The molecule has 0 unspecified atom stereocenters. The minimum Gasteiger partial charge on any atom is -0.870 e. The average Bonchev–Trinajstić information content (AvgIpc) is 2.06. The molecule has 92 valence electrons. The van der Waals surface area contributed by atoms with Crippen LogP contribution in [0.2, 0.25) is 0 Å². The van der Waals surface area contributed by atoms with E-state index in [1.807, 2.05) is 0 Å². The zero-order chi connectivity index (χ0) is 10.2. The van der Waals surface area contributed by atoms with Crippen LogP contribution in [0.15, 0.2) is 0 Å². The summed E-state index contributed by atoms with van der Waals surface area (Å²) in [5, 5.41) is 0. The van der Waals surface area contributed by atoms with Crippen LogP contribution in [0.25, 0.3) is 0 Å². The van der Waals surface area contributed by atoms with Gasteiger partial charge in [-0.2, -0.15) is 0 Å². The van der Waals surface area contributed by atoms with Gasteiger partial charge >= 0.3 is 0 Å². The molecule has 2 nitrogen and oxygen atoms in total. The van der Waals surface area contributed by atoms with Gasteiger partial charge in [0.1, 0.15) is 0 Å². The van der Waals surface area contributed by atoms with Gasteiger partial charge in [-0.3, -0.25) is 0 Å². The average molecular weight is 251 g/mol. The Balaban J connectivity index is -0.000000720. The summed E-state index contributed by atoms with van der Waals surface area (Å²) >= 11 is 0. The quantitative estimate of drug-likeness (QED) is 0.481. The van der Waals surface area contributed by atoms with E-state index >= 15 is 0 Å². The first kappa shape index (κ1) is 21.0. The number of quaternary nitrogens is 1. The Kier molecular flexibility index (Phi) is 17.8. The van der Waals surface area contributed by atoms with Gasteiger partial charge in [-0.25, -0.2) is 0 Å². The van der Waals surface area contributed by atoms with Crippen LogP contribution in [0, 0.1) is 0 Å². The Bertz CT molecular complexity index is 90.7. The topological polar surface area (TPSA) is 30.0 Å². The summed E-state index contributed by atoms with van der Waals surface area (Å²) in [7, 11) is 0. The van der Waals surface area contributed by atoms with Crippen LogP contribution in [-0.2, 0) is 21.7 Å². The summed E-state index contributed by atoms with van der Waals surface area (Å²) in [6, 6.07) is 0. The van der Waals surface area contributed by atoms with Crippen LogP contribution in [0.1, 0.15) is 53.4 Å². The second kappa shape index (κ2) is 12.7. The van der Waals surface area contributed by atoms with E-state index in [4.69, 9.17) is 0 Å². The van der Waals surface area contributed by atoms with E-state index in [0.717, 1.165) is 0 Å². The van der Waals surface area contributed by atoms with Gasteiger partial charge in [0, 0.05) is 21.7 Å². The normalized spacial score (nSPS) is 10.4. The first-order chi connectivity index (χ1) is 6.24. The molecular formula is C12H29NOTi. The molecule has 0 spiro atoms. The molecule has 0 rings (SSSR count). The van der Waals surface area contributed by atoms with E-state index in [1.165, 1.54) is 56.3 Å². The van der Waals surface area contributed by atoms with Gasteiger partial charge in [0.2, 0.25) is 0 Å². The van der Waals surface area contributed by atoms with E-state index in [0.29, 0.717) is 0 Å². The zero-order valence-electron chi connectivity index (χ0n) is 11.1. The number of nitrogens with zero attached hydrogens (tertiary/aromatic N) is 1. The molecule has 0 aromatic heterocycles. The van der Waals surface area contributed by atoms with Crippen molar-refractivity contribution in [3.05, 3.63) is 0 Å². The summed E-state index contributed by atoms with van der Waals surface area (Å²) < 4.78 is 1.38. The van der Waals surface area contributed by atoms with Crippen molar-refractivity contribution in [3.8, 4) is 0 Å². The second-order valence-corrected chi connectivity index (χ2v) is 4.24. The maximum atomic E-state index is 2.31. The van der Waals surface area contributed by atoms with Gasteiger partial charge in [0.05, 0.1) is 26.2 Å². The molecule has 0 amide bonds. The summed E-state index contributed by atoms with van der Waals surface area (Å²) in [6.45, 7) is 14.8. The molecule has 0 aromatic carbocycles. The van der Waals surface area contributed by atoms with Crippen LogP contribution in [0.4, 0.5) is 0 Å². The van der Waals surface area contributed by atoms with Gasteiger partial charge in [-0.1, -0.05) is 27.7 Å². The van der Waals surface area contributed by atoms with Gasteiger partial charge in [-0.15, -0.1) is 0 Å². The third kappa shape index (κ3) is 8.44. The fourth-order valence-corrected chi connectivity index (χ4v) is 2.57. The van der Waals surface area contributed by atoms with Gasteiger partial charge in [0.25, 0.3) is 0 Å². The molecule has 0 saturated carbocycles. The second-order valence-electron chi connectivity index (χ2n) is 4.24. The molecular weight excluding hydrogens is 222 g/mol. The first-order valence-corrected chi connectivity index (χ1v) is 6.09. The standard InChI is InChI=1S/C12H28N.H2O.Ti/c1-5-9-13(10-6-2,11-7-3)12-8-4;;/h5-12H2,1-4H3;1H2;/q+1;;/p-1. The summed E-state index contributed by atoms with van der Waals surface area (Å²) in [6.07, 6.45) is 5.33. The van der Waals surface area contributed by atoms with Crippen molar-refractivity contribution < 1.29 is 31.7 Å². The molecule has 0 aromatic rings. The molecule has 0 bridgehead atoms. The molecule has 0 aliphatic heterocycles. The van der Waals surface area contributed by atoms with Gasteiger partial charge in [0.15, 0.2) is 0 Å². The van der Waals surface area contributed by atoms with Crippen LogP contribution in [-0.4, -0.2) is 36.1 Å². The SMILES string of the molecule is CCC[N+](CCC)(CCC)CCC.[OH-].[Ti]. The maximum absolute atomic E-state index is 2.31. The predicted molar refractivity (Wildman–Crippen MR) is 62.8 cm³/mol. The Hall–Kier alpha value is 0.634. The Morgan fingerprint density at radius 2 is 0.800 bits per heavy atom. The fourth-order valence-electron chi connectivity index (χ4n) is 2.57. The Morgan fingerprint density at radius 3 is 0.933 bits per heavy atom. The van der Waals surface area contributed by atoms with Crippen LogP contribution in [0.3, 0.4) is 0 Å². The van der Waals surface area contributed by atoms with E-state index in [1.54, 1.807) is 0 Å². The van der Waals surface area contributed by atoms with Crippen molar-refractivity contribution in [1.29, 1.82) is 0 Å². The molecule has 0 atom stereocenters. The van der Waals surface area contributed by atoms with Crippen LogP contribution in [0.5, 0.6) is 0 Å². The largest absolute Gasteiger partial charge is 0.870 e. The molecule has 0 fully saturated rings. The van der Waals surface area contributed by atoms with E-state index < -0.39 is 0 Å². The van der Waals surface area contributed by atoms with Crippen LogP contribution < -0.4 is 0 Å². The summed E-state index contributed by atoms with van der Waals surface area (Å²) in [4.78, 5) is 0. The number of hydrogen-bond acceptors (Lipinski definition) is 1. The maximum Gasteiger partial charge on any atom is 0.0783 e.